The number of hydrogen-bond acceptors (Lipinski definition) is 4. The fourth-order valence-corrected chi connectivity index (χ4v) is 4.19. The maximum absolute atomic E-state index is 11.3. The maximum Gasteiger partial charge on any atom is 1.00 e. The van der Waals surface area contributed by atoms with Gasteiger partial charge in [-0.1, -0.05) is 90.9 Å². The van der Waals surface area contributed by atoms with Gasteiger partial charge < -0.3 is 9.66 Å². The molecule has 1 N–H and O–H groups in total. The average Bonchev–Trinajstić information content (AvgIpc) is 2.55. The first-order valence-corrected chi connectivity index (χ1v) is 12.0. The molecule has 0 spiro atoms. The molecule has 4 nitrogen and oxygen atoms in total. The molecule has 26 heavy (non-hydrogen) atoms. The van der Waals surface area contributed by atoms with Gasteiger partial charge in [-0.05, 0) is 25.7 Å². The second-order valence-electron chi connectivity index (χ2n) is 7.46. The first-order valence-electron chi connectivity index (χ1n) is 10.5. The Bertz CT molecular complexity index is 387. The summed E-state index contributed by atoms with van der Waals surface area (Å²) in [5.41, 5.74) is 0. The normalized spacial score (nSPS) is 14.0. The van der Waals surface area contributed by atoms with Crippen molar-refractivity contribution in [2.45, 2.75) is 128 Å². The Morgan fingerprint density at radius 1 is 0.692 bits per heavy atom. The molecule has 152 valence electrons. The maximum atomic E-state index is 11.3. The van der Waals surface area contributed by atoms with E-state index in [2.05, 4.69) is 13.8 Å². The van der Waals surface area contributed by atoms with Crippen LogP contribution < -0.4 is 29.6 Å². The Kier molecular flexibility index (Phi) is 21.5. The number of hydrogen-bond donors (Lipinski definition) is 1. The van der Waals surface area contributed by atoms with E-state index < -0.39 is 15.4 Å². The third-order valence-corrected chi connectivity index (χ3v) is 6.28. The van der Waals surface area contributed by atoms with E-state index in [4.69, 9.17) is 0 Å². The van der Waals surface area contributed by atoms with E-state index in [9.17, 15) is 18.1 Å². The summed E-state index contributed by atoms with van der Waals surface area (Å²) in [6.45, 7) is 4.22. The quantitative estimate of drug-likeness (QED) is 0.218. The van der Waals surface area contributed by atoms with Crippen molar-refractivity contribution in [1.82, 2.24) is 0 Å². The summed E-state index contributed by atoms with van der Waals surface area (Å²) in [5, 5.41) is 9.10. The van der Waals surface area contributed by atoms with Crippen LogP contribution in [0.25, 0.3) is 0 Å². The molecule has 0 aliphatic carbocycles. The van der Waals surface area contributed by atoms with Gasteiger partial charge in [0.1, 0.15) is 0 Å². The molecule has 0 aromatic carbocycles. The van der Waals surface area contributed by atoms with Gasteiger partial charge in [-0.15, -0.1) is 0 Å². The van der Waals surface area contributed by atoms with Gasteiger partial charge in [0.05, 0.1) is 16.2 Å². The van der Waals surface area contributed by atoms with Crippen molar-refractivity contribution < 1.29 is 47.6 Å². The smallest absolute Gasteiger partial charge is 0.748 e. The molecule has 0 aromatic heterocycles. The topological polar surface area (TPSA) is 77.4 Å². The molecule has 0 rings (SSSR count). The predicted molar refractivity (Wildman–Crippen MR) is 105 cm³/mol. The van der Waals surface area contributed by atoms with Crippen LogP contribution in [0, 0.1) is 0 Å². The third kappa shape index (κ3) is 18.2. The largest absolute Gasteiger partial charge is 1.00 e. The number of aliphatic hydroxyl groups excluding tert-OH is 1. The van der Waals surface area contributed by atoms with Gasteiger partial charge in [0.2, 0.25) is 0 Å². The molecule has 0 radical (unpaired) electrons. The van der Waals surface area contributed by atoms with E-state index >= 15 is 0 Å². The fraction of sp³-hybridized carbons (Fsp3) is 1.00. The minimum absolute atomic E-state index is 0. The molecular weight excluding hydrogens is 359 g/mol. The van der Waals surface area contributed by atoms with Crippen molar-refractivity contribution in [3.8, 4) is 0 Å². The molecule has 6 heteroatoms. The predicted octanol–water partition coefficient (Wildman–Crippen LogP) is 2.55. The van der Waals surface area contributed by atoms with E-state index in [1.54, 1.807) is 0 Å². The molecule has 0 aliphatic rings. The van der Waals surface area contributed by atoms with Crippen LogP contribution in [-0.4, -0.2) is 29.4 Å². The van der Waals surface area contributed by atoms with E-state index in [0.29, 0.717) is 12.8 Å². The van der Waals surface area contributed by atoms with Gasteiger partial charge in [-0.25, -0.2) is 8.42 Å². The molecule has 0 bridgehead atoms. The Morgan fingerprint density at radius 2 is 1.08 bits per heavy atom. The third-order valence-electron chi connectivity index (χ3n) is 4.99. The molecule has 0 amide bonds. The van der Waals surface area contributed by atoms with Gasteiger partial charge in [-0.3, -0.25) is 0 Å². The molecule has 0 saturated heterocycles. The summed E-state index contributed by atoms with van der Waals surface area (Å²) < 4.78 is 33.9. The summed E-state index contributed by atoms with van der Waals surface area (Å²) in [4.78, 5) is 0. The molecule has 0 fully saturated rings. The van der Waals surface area contributed by atoms with Crippen molar-refractivity contribution in [3.05, 3.63) is 0 Å². The van der Waals surface area contributed by atoms with Crippen LogP contribution >= 0.6 is 0 Å². The average molecular weight is 401 g/mol. The van der Waals surface area contributed by atoms with Gasteiger partial charge in [0, 0.05) is 5.25 Å². The van der Waals surface area contributed by atoms with E-state index in [0.717, 1.165) is 83.5 Å². The Hall–Kier alpha value is 0.870. The zero-order valence-electron chi connectivity index (χ0n) is 17.5. The van der Waals surface area contributed by atoms with Gasteiger partial charge >= 0.3 is 29.6 Å². The summed E-state index contributed by atoms with van der Waals surface area (Å²) in [6, 6.07) is 0. The van der Waals surface area contributed by atoms with Crippen LogP contribution in [0.5, 0.6) is 0 Å². The standard InChI is InChI=1S/C20H42O4S.Na/c1-3-5-12-17-20(25(22,23)24)18-14-11-9-7-8-10-13-16-19(21)15-6-4-2;/h19-21H,3-18H2,1-2H3,(H,22,23,24);/q;+1/p-1. The molecular formula is C20H41NaO4S. The monoisotopic (exact) mass is 400 g/mol. The molecule has 0 heterocycles. The minimum Gasteiger partial charge on any atom is -0.748 e. The van der Waals surface area contributed by atoms with Crippen molar-refractivity contribution in [2.75, 3.05) is 0 Å². The van der Waals surface area contributed by atoms with E-state index in [1.807, 2.05) is 0 Å². The van der Waals surface area contributed by atoms with Crippen LogP contribution in [0.15, 0.2) is 0 Å². The minimum atomic E-state index is -4.14. The molecule has 2 unspecified atom stereocenters. The molecule has 0 aromatic rings. The van der Waals surface area contributed by atoms with Crippen molar-refractivity contribution >= 4 is 10.1 Å². The molecule has 0 aliphatic heterocycles. The van der Waals surface area contributed by atoms with Crippen molar-refractivity contribution in [1.29, 1.82) is 0 Å². The van der Waals surface area contributed by atoms with Gasteiger partial charge in [0.15, 0.2) is 0 Å². The fourth-order valence-electron chi connectivity index (χ4n) is 3.27. The van der Waals surface area contributed by atoms with Crippen molar-refractivity contribution in [2.24, 2.45) is 0 Å². The SMILES string of the molecule is CCCCCC(CCCCCCCCCC(O)CCCC)S(=O)(=O)[O-].[Na+]. The van der Waals surface area contributed by atoms with Crippen LogP contribution in [0.2, 0.25) is 0 Å². The number of unbranched alkanes of at least 4 members (excludes halogenated alkanes) is 9. The Labute approximate surface area is 185 Å². The zero-order valence-corrected chi connectivity index (χ0v) is 20.4. The Morgan fingerprint density at radius 3 is 1.54 bits per heavy atom. The summed E-state index contributed by atoms with van der Waals surface area (Å²) >= 11 is 0. The van der Waals surface area contributed by atoms with Crippen LogP contribution in [-0.2, 0) is 10.1 Å². The summed E-state index contributed by atoms with van der Waals surface area (Å²) in [6.07, 6.45) is 15.5. The van der Waals surface area contributed by atoms with Crippen molar-refractivity contribution in [3.63, 3.8) is 0 Å². The first kappa shape index (κ1) is 29.1. The molecule has 2 atom stereocenters. The van der Waals surface area contributed by atoms with Crippen LogP contribution in [0.1, 0.15) is 117 Å². The van der Waals surface area contributed by atoms with Crippen LogP contribution in [0.3, 0.4) is 0 Å². The number of aliphatic hydroxyl groups is 1. The second-order valence-corrected chi connectivity index (χ2v) is 9.11. The van der Waals surface area contributed by atoms with E-state index in [1.165, 1.54) is 6.42 Å². The number of rotatable bonds is 18. The van der Waals surface area contributed by atoms with Crippen LogP contribution in [0.4, 0.5) is 0 Å². The molecule has 0 saturated carbocycles. The van der Waals surface area contributed by atoms with E-state index in [-0.39, 0.29) is 35.7 Å². The first-order chi connectivity index (χ1) is 11.9. The zero-order chi connectivity index (χ0) is 19.0. The van der Waals surface area contributed by atoms with Gasteiger partial charge in [-0.2, -0.15) is 0 Å². The second kappa shape index (κ2) is 19.2. The Balaban J connectivity index is 0. The van der Waals surface area contributed by atoms with Gasteiger partial charge in [0.25, 0.3) is 0 Å². The summed E-state index contributed by atoms with van der Waals surface area (Å²) in [5.74, 6) is 0. The summed E-state index contributed by atoms with van der Waals surface area (Å²) in [7, 11) is -4.14.